The zero-order valence-electron chi connectivity index (χ0n) is 18.3. The number of H-pyrrole nitrogens is 1. The zero-order chi connectivity index (χ0) is 23.5. The summed E-state index contributed by atoms with van der Waals surface area (Å²) in [4.78, 5) is 27.1. The minimum atomic E-state index is -0.712. The summed E-state index contributed by atoms with van der Waals surface area (Å²) in [6.45, 7) is 3.64. The number of hydrogen-bond donors (Lipinski definition) is 2. The molecule has 1 aromatic heterocycles. The Morgan fingerprint density at radius 1 is 1.15 bits per heavy atom. The Balaban J connectivity index is 1.85. The summed E-state index contributed by atoms with van der Waals surface area (Å²) >= 11 is 0. The van der Waals surface area contributed by atoms with Crippen LogP contribution in [0.5, 0.6) is 17.4 Å². The Bertz CT molecular complexity index is 1330. The highest BCUT2D eigenvalue weighted by molar-refractivity contribution is 6.04. The molecule has 0 aliphatic carbocycles. The van der Waals surface area contributed by atoms with Crippen LogP contribution in [0.25, 0.3) is 0 Å². The molecule has 1 aliphatic heterocycles. The van der Waals surface area contributed by atoms with Crippen LogP contribution in [0, 0.1) is 0 Å². The van der Waals surface area contributed by atoms with Crippen LogP contribution in [0.15, 0.2) is 75.9 Å². The summed E-state index contributed by atoms with van der Waals surface area (Å²) in [7, 11) is 3.13. The highest BCUT2D eigenvalue weighted by Crippen LogP contribution is 2.40. The van der Waals surface area contributed by atoms with Gasteiger partial charge in [-0.3, -0.25) is 19.4 Å². The minimum Gasteiger partial charge on any atom is -0.494 e. The van der Waals surface area contributed by atoms with E-state index in [1.54, 1.807) is 19.2 Å². The SMILES string of the molecule is C=CCn1c(O)c(C2=NN(c3ccccc3)[C@H](c3ccc(OC)c(OC)c3)C2)c(=O)[nH]c1=O. The van der Waals surface area contributed by atoms with Gasteiger partial charge in [0.25, 0.3) is 5.56 Å². The summed E-state index contributed by atoms with van der Waals surface area (Å²) in [5.74, 6) is 0.720. The number of aromatic amines is 1. The van der Waals surface area contributed by atoms with Crippen molar-refractivity contribution in [3.63, 3.8) is 0 Å². The average molecular weight is 448 g/mol. The number of ether oxygens (including phenoxy) is 2. The molecule has 33 heavy (non-hydrogen) atoms. The third-order valence-corrected chi connectivity index (χ3v) is 5.50. The van der Waals surface area contributed by atoms with Gasteiger partial charge in [0.2, 0.25) is 5.88 Å². The van der Waals surface area contributed by atoms with E-state index in [4.69, 9.17) is 14.6 Å². The molecule has 3 aromatic rings. The van der Waals surface area contributed by atoms with E-state index in [9.17, 15) is 14.7 Å². The molecule has 170 valence electrons. The van der Waals surface area contributed by atoms with Gasteiger partial charge in [-0.05, 0) is 29.8 Å². The smallest absolute Gasteiger partial charge is 0.331 e. The Morgan fingerprint density at radius 2 is 1.88 bits per heavy atom. The third-order valence-electron chi connectivity index (χ3n) is 5.50. The number of methoxy groups -OCH3 is 2. The molecule has 0 radical (unpaired) electrons. The fourth-order valence-electron chi connectivity index (χ4n) is 3.92. The molecule has 0 amide bonds. The number of nitrogens with zero attached hydrogens (tertiary/aromatic N) is 3. The number of anilines is 1. The van der Waals surface area contributed by atoms with Crippen molar-refractivity contribution >= 4 is 11.4 Å². The molecule has 0 bridgehead atoms. The van der Waals surface area contributed by atoms with Gasteiger partial charge in [-0.1, -0.05) is 30.3 Å². The summed E-state index contributed by atoms with van der Waals surface area (Å²) in [6, 6.07) is 14.8. The molecular weight excluding hydrogens is 424 g/mol. The molecule has 0 fully saturated rings. The average Bonchev–Trinajstić information content (AvgIpc) is 3.26. The van der Waals surface area contributed by atoms with Crippen LogP contribution in [0.4, 0.5) is 5.69 Å². The van der Waals surface area contributed by atoms with Crippen molar-refractivity contribution in [1.29, 1.82) is 0 Å². The normalized spacial score (nSPS) is 15.3. The van der Waals surface area contributed by atoms with Crippen molar-refractivity contribution in [1.82, 2.24) is 9.55 Å². The highest BCUT2D eigenvalue weighted by atomic mass is 16.5. The molecule has 1 atom stereocenters. The molecule has 4 rings (SSSR count). The van der Waals surface area contributed by atoms with E-state index in [-0.39, 0.29) is 18.2 Å². The predicted molar refractivity (Wildman–Crippen MR) is 126 cm³/mol. The molecule has 2 N–H and O–H groups in total. The van der Waals surface area contributed by atoms with Gasteiger partial charge >= 0.3 is 5.69 Å². The van der Waals surface area contributed by atoms with Crippen LogP contribution >= 0.6 is 0 Å². The van der Waals surface area contributed by atoms with Crippen LogP contribution in [-0.4, -0.2) is 34.6 Å². The van der Waals surface area contributed by atoms with Gasteiger partial charge in [0.05, 0.1) is 31.7 Å². The fourth-order valence-corrected chi connectivity index (χ4v) is 3.92. The Kier molecular flexibility index (Phi) is 6.03. The first-order valence-corrected chi connectivity index (χ1v) is 10.3. The largest absolute Gasteiger partial charge is 0.494 e. The summed E-state index contributed by atoms with van der Waals surface area (Å²) < 4.78 is 11.9. The molecular formula is C24H24N4O5. The van der Waals surface area contributed by atoms with Crippen molar-refractivity contribution < 1.29 is 14.6 Å². The van der Waals surface area contributed by atoms with Crippen molar-refractivity contribution in [3.05, 3.63) is 93.2 Å². The van der Waals surface area contributed by atoms with Crippen LogP contribution in [0.2, 0.25) is 0 Å². The van der Waals surface area contributed by atoms with Crippen LogP contribution in [0.3, 0.4) is 0 Å². The molecule has 9 heteroatoms. The van der Waals surface area contributed by atoms with Crippen LogP contribution < -0.4 is 25.7 Å². The first-order chi connectivity index (χ1) is 16.0. The van der Waals surface area contributed by atoms with Crippen LogP contribution in [0.1, 0.15) is 23.6 Å². The second-order valence-electron chi connectivity index (χ2n) is 7.42. The molecule has 0 spiro atoms. The zero-order valence-corrected chi connectivity index (χ0v) is 18.3. The van der Waals surface area contributed by atoms with Gasteiger partial charge in [-0.15, -0.1) is 6.58 Å². The topological polar surface area (TPSA) is 109 Å². The van der Waals surface area contributed by atoms with E-state index in [0.29, 0.717) is 23.6 Å². The molecule has 1 aliphatic rings. The van der Waals surface area contributed by atoms with E-state index < -0.39 is 17.1 Å². The van der Waals surface area contributed by atoms with Crippen molar-refractivity contribution in [2.75, 3.05) is 19.2 Å². The lowest BCUT2D eigenvalue weighted by Gasteiger charge is -2.24. The molecule has 0 saturated heterocycles. The quantitative estimate of drug-likeness (QED) is 0.538. The second-order valence-corrected chi connectivity index (χ2v) is 7.42. The lowest BCUT2D eigenvalue weighted by molar-refractivity contribution is 0.354. The number of benzene rings is 2. The number of aromatic nitrogens is 2. The number of aromatic hydroxyl groups is 1. The van der Waals surface area contributed by atoms with Crippen molar-refractivity contribution in [2.45, 2.75) is 19.0 Å². The van der Waals surface area contributed by atoms with Crippen molar-refractivity contribution in [2.24, 2.45) is 5.10 Å². The van der Waals surface area contributed by atoms with Gasteiger partial charge < -0.3 is 14.6 Å². The van der Waals surface area contributed by atoms with E-state index in [0.717, 1.165) is 15.8 Å². The molecule has 0 saturated carbocycles. The Labute approximate surface area is 189 Å². The lowest BCUT2D eigenvalue weighted by Crippen LogP contribution is -2.33. The van der Waals surface area contributed by atoms with E-state index in [2.05, 4.69) is 11.6 Å². The summed E-state index contributed by atoms with van der Waals surface area (Å²) in [6.07, 6.45) is 1.77. The number of rotatable bonds is 7. The van der Waals surface area contributed by atoms with E-state index in [1.165, 1.54) is 6.08 Å². The van der Waals surface area contributed by atoms with Gasteiger partial charge in [0.15, 0.2) is 11.5 Å². The standard InChI is InChI=1S/C24H24N4O5/c1-4-12-27-23(30)21(22(29)25-24(27)31)17-14-18(28(26-17)16-8-6-5-7-9-16)15-10-11-19(32-2)20(13-15)33-3/h4-11,13,18,30H,1,12,14H2,2-3H3,(H,25,29,31)/t18-/m0/s1. The maximum atomic E-state index is 12.7. The summed E-state index contributed by atoms with van der Waals surface area (Å²) in [5, 5.41) is 17.2. The molecule has 9 nitrogen and oxygen atoms in total. The number of allylic oxidation sites excluding steroid dienone is 1. The number of nitrogens with one attached hydrogen (secondary N) is 1. The third kappa shape index (κ3) is 4.00. The first kappa shape index (κ1) is 21.9. The van der Waals surface area contributed by atoms with E-state index in [1.807, 2.05) is 48.5 Å². The maximum absolute atomic E-state index is 12.7. The van der Waals surface area contributed by atoms with Gasteiger partial charge in [0.1, 0.15) is 5.56 Å². The number of hydrazone groups is 1. The monoisotopic (exact) mass is 448 g/mol. The maximum Gasteiger partial charge on any atom is 0.331 e. The first-order valence-electron chi connectivity index (χ1n) is 10.3. The highest BCUT2D eigenvalue weighted by Gasteiger charge is 2.33. The van der Waals surface area contributed by atoms with Gasteiger partial charge in [-0.2, -0.15) is 5.10 Å². The lowest BCUT2D eigenvalue weighted by atomic mass is 9.98. The van der Waals surface area contributed by atoms with E-state index >= 15 is 0 Å². The summed E-state index contributed by atoms with van der Waals surface area (Å²) in [5.41, 5.74) is 0.595. The fraction of sp³-hybridized carbons (Fsp3) is 0.208. The Morgan fingerprint density at radius 3 is 2.55 bits per heavy atom. The molecule has 2 aromatic carbocycles. The van der Waals surface area contributed by atoms with Crippen molar-refractivity contribution in [3.8, 4) is 17.4 Å². The molecule has 0 unspecified atom stereocenters. The van der Waals surface area contributed by atoms with Gasteiger partial charge in [0, 0.05) is 13.0 Å². The second kappa shape index (κ2) is 9.07. The predicted octanol–water partition coefficient (Wildman–Crippen LogP) is 2.80. The molecule has 2 heterocycles. The minimum absolute atomic E-state index is 0.0413. The number of hydrogen-bond acceptors (Lipinski definition) is 7. The van der Waals surface area contributed by atoms with Gasteiger partial charge in [-0.25, -0.2) is 4.79 Å². The number of para-hydroxylation sites is 1. The Hall–Kier alpha value is -4.27. The van der Waals surface area contributed by atoms with Crippen LogP contribution in [-0.2, 0) is 6.54 Å².